The smallest absolute Gasteiger partial charge is 0.242 e. The lowest BCUT2D eigenvalue weighted by Crippen LogP contribution is -2.44. The number of benzene rings is 1. The van der Waals surface area contributed by atoms with E-state index in [0.717, 1.165) is 37.2 Å². The highest BCUT2D eigenvalue weighted by atomic mass is 16.5. The molecule has 1 fully saturated rings. The molecule has 4 N–H and O–H groups in total. The second kappa shape index (κ2) is 6.31. The van der Waals surface area contributed by atoms with Crippen molar-refractivity contribution in [2.24, 2.45) is 0 Å². The first-order valence-corrected chi connectivity index (χ1v) is 6.76. The number of hydrogen-bond acceptors (Lipinski definition) is 4. The Hall–Kier alpha value is -1.91. The van der Waals surface area contributed by atoms with Gasteiger partial charge in [0.1, 0.15) is 11.8 Å². The number of rotatable bonds is 5. The Morgan fingerprint density at radius 2 is 2.32 bits per heavy atom. The second-order valence-corrected chi connectivity index (χ2v) is 4.77. The molecular weight excluding hydrogens is 242 g/mol. The van der Waals surface area contributed by atoms with Gasteiger partial charge in [0.15, 0.2) is 0 Å². The van der Waals surface area contributed by atoms with E-state index >= 15 is 0 Å². The third-order valence-corrected chi connectivity index (χ3v) is 3.03. The van der Waals surface area contributed by atoms with Crippen LogP contribution >= 0.6 is 0 Å². The van der Waals surface area contributed by atoms with Crippen LogP contribution in [-0.2, 0) is 4.79 Å². The molecule has 5 nitrogen and oxygen atoms in total. The summed E-state index contributed by atoms with van der Waals surface area (Å²) in [6, 6.07) is 5.31. The normalized spacial score (nSPS) is 18.8. The first-order valence-electron chi connectivity index (χ1n) is 6.76. The van der Waals surface area contributed by atoms with Crippen LogP contribution in [0.25, 0.3) is 0 Å². The molecule has 19 heavy (non-hydrogen) atoms. The third-order valence-electron chi connectivity index (χ3n) is 3.03. The molecule has 1 saturated heterocycles. The molecule has 0 bridgehead atoms. The van der Waals surface area contributed by atoms with Gasteiger partial charge in [0, 0.05) is 30.1 Å². The van der Waals surface area contributed by atoms with Gasteiger partial charge in [0.25, 0.3) is 0 Å². The highest BCUT2D eigenvalue weighted by molar-refractivity contribution is 5.85. The lowest BCUT2D eigenvalue weighted by molar-refractivity contribution is -0.123. The largest absolute Gasteiger partial charge is 0.493 e. The standard InChI is InChI=1S/C14H21N3O2/c1-2-6-19-12-8-10(15)7-11(9-12)17-13-4-3-5-16-14(13)18/h7-9,13,17H,2-6,15H2,1H3,(H,16,18). The Kier molecular flexibility index (Phi) is 4.49. The number of ether oxygens (including phenoxy) is 1. The lowest BCUT2D eigenvalue weighted by Gasteiger charge is -2.24. The van der Waals surface area contributed by atoms with E-state index in [2.05, 4.69) is 17.6 Å². The number of amides is 1. The van der Waals surface area contributed by atoms with Crippen LogP contribution in [0.2, 0.25) is 0 Å². The van der Waals surface area contributed by atoms with Gasteiger partial charge in [-0.25, -0.2) is 0 Å². The summed E-state index contributed by atoms with van der Waals surface area (Å²) >= 11 is 0. The summed E-state index contributed by atoms with van der Waals surface area (Å²) in [5.41, 5.74) is 7.31. The van der Waals surface area contributed by atoms with Gasteiger partial charge < -0.3 is 21.1 Å². The zero-order chi connectivity index (χ0) is 13.7. The Balaban J connectivity index is 2.06. The van der Waals surface area contributed by atoms with Crippen LogP contribution in [-0.4, -0.2) is 25.1 Å². The summed E-state index contributed by atoms with van der Waals surface area (Å²) in [5.74, 6) is 0.783. The van der Waals surface area contributed by atoms with Crippen molar-refractivity contribution in [1.82, 2.24) is 5.32 Å². The van der Waals surface area contributed by atoms with Crippen LogP contribution in [0.3, 0.4) is 0 Å². The van der Waals surface area contributed by atoms with E-state index in [1.165, 1.54) is 0 Å². The van der Waals surface area contributed by atoms with Gasteiger partial charge in [-0.2, -0.15) is 0 Å². The SMILES string of the molecule is CCCOc1cc(N)cc(NC2CCCNC2=O)c1. The Morgan fingerprint density at radius 1 is 1.47 bits per heavy atom. The molecular formula is C14H21N3O2. The van der Waals surface area contributed by atoms with Crippen molar-refractivity contribution < 1.29 is 9.53 Å². The summed E-state index contributed by atoms with van der Waals surface area (Å²) in [5, 5.41) is 6.07. The summed E-state index contributed by atoms with van der Waals surface area (Å²) < 4.78 is 5.57. The maximum Gasteiger partial charge on any atom is 0.242 e. The molecule has 0 radical (unpaired) electrons. The number of carbonyl (C=O) groups excluding carboxylic acids is 1. The molecule has 1 aliphatic heterocycles. The zero-order valence-electron chi connectivity index (χ0n) is 11.2. The van der Waals surface area contributed by atoms with E-state index in [1.807, 2.05) is 12.1 Å². The molecule has 0 saturated carbocycles. The van der Waals surface area contributed by atoms with Gasteiger partial charge in [0.05, 0.1) is 6.61 Å². The average molecular weight is 263 g/mol. The second-order valence-electron chi connectivity index (χ2n) is 4.77. The molecule has 5 heteroatoms. The van der Waals surface area contributed by atoms with Crippen molar-refractivity contribution in [3.8, 4) is 5.75 Å². The predicted octanol–water partition coefficient (Wildman–Crippen LogP) is 1.75. The summed E-state index contributed by atoms with van der Waals surface area (Å²) in [7, 11) is 0. The third kappa shape index (κ3) is 3.77. The molecule has 1 aromatic rings. The number of nitrogen functional groups attached to an aromatic ring is 1. The molecule has 0 aliphatic carbocycles. The van der Waals surface area contributed by atoms with Crippen molar-refractivity contribution in [3.63, 3.8) is 0 Å². The number of nitrogens with two attached hydrogens (primary N) is 1. The van der Waals surface area contributed by atoms with Gasteiger partial charge in [-0.15, -0.1) is 0 Å². The molecule has 104 valence electrons. The first-order chi connectivity index (χ1) is 9.19. The number of piperidine rings is 1. The van der Waals surface area contributed by atoms with E-state index < -0.39 is 0 Å². The maximum absolute atomic E-state index is 11.7. The van der Waals surface area contributed by atoms with Gasteiger partial charge in [-0.3, -0.25) is 4.79 Å². The number of hydrogen-bond donors (Lipinski definition) is 3. The number of carbonyl (C=O) groups is 1. The van der Waals surface area contributed by atoms with Crippen molar-refractivity contribution in [2.45, 2.75) is 32.2 Å². The van der Waals surface area contributed by atoms with E-state index in [-0.39, 0.29) is 11.9 Å². The van der Waals surface area contributed by atoms with Crippen molar-refractivity contribution in [2.75, 3.05) is 24.2 Å². The van der Waals surface area contributed by atoms with Crippen LogP contribution in [0, 0.1) is 0 Å². The van der Waals surface area contributed by atoms with Gasteiger partial charge in [-0.1, -0.05) is 6.92 Å². The molecule has 1 heterocycles. The van der Waals surface area contributed by atoms with Crippen molar-refractivity contribution in [1.29, 1.82) is 0 Å². The molecule has 2 rings (SSSR count). The molecule has 0 aromatic heterocycles. The van der Waals surface area contributed by atoms with E-state index in [1.54, 1.807) is 6.07 Å². The number of anilines is 2. The fraction of sp³-hybridized carbons (Fsp3) is 0.500. The minimum atomic E-state index is -0.186. The minimum absolute atomic E-state index is 0.0460. The predicted molar refractivity (Wildman–Crippen MR) is 76.3 cm³/mol. The molecule has 1 aromatic carbocycles. The minimum Gasteiger partial charge on any atom is -0.493 e. The van der Waals surface area contributed by atoms with Crippen LogP contribution in [0.4, 0.5) is 11.4 Å². The highest BCUT2D eigenvalue weighted by Crippen LogP contribution is 2.24. The quantitative estimate of drug-likeness (QED) is 0.707. The number of nitrogens with one attached hydrogen (secondary N) is 2. The Labute approximate surface area is 113 Å². The molecule has 0 spiro atoms. The molecule has 1 atom stereocenters. The maximum atomic E-state index is 11.7. The highest BCUT2D eigenvalue weighted by Gasteiger charge is 2.21. The first kappa shape index (κ1) is 13.5. The van der Waals surface area contributed by atoms with Crippen LogP contribution in [0.15, 0.2) is 18.2 Å². The molecule has 1 aliphatic rings. The molecule has 1 unspecified atom stereocenters. The Morgan fingerprint density at radius 3 is 3.05 bits per heavy atom. The van der Waals surface area contributed by atoms with E-state index in [0.29, 0.717) is 12.3 Å². The van der Waals surface area contributed by atoms with Crippen molar-refractivity contribution >= 4 is 17.3 Å². The van der Waals surface area contributed by atoms with Crippen LogP contribution in [0.5, 0.6) is 5.75 Å². The summed E-state index contributed by atoms with van der Waals surface area (Å²) in [6.07, 6.45) is 2.78. The Bertz CT molecular complexity index is 448. The van der Waals surface area contributed by atoms with E-state index in [9.17, 15) is 4.79 Å². The fourth-order valence-electron chi connectivity index (χ4n) is 2.12. The van der Waals surface area contributed by atoms with Gasteiger partial charge >= 0.3 is 0 Å². The molecule has 1 amide bonds. The monoisotopic (exact) mass is 263 g/mol. The summed E-state index contributed by atoms with van der Waals surface area (Å²) in [4.78, 5) is 11.7. The summed E-state index contributed by atoms with van der Waals surface area (Å²) in [6.45, 7) is 3.48. The van der Waals surface area contributed by atoms with Gasteiger partial charge in [-0.05, 0) is 25.3 Å². The van der Waals surface area contributed by atoms with Crippen LogP contribution in [0.1, 0.15) is 26.2 Å². The zero-order valence-corrected chi connectivity index (χ0v) is 11.2. The van der Waals surface area contributed by atoms with Gasteiger partial charge in [0.2, 0.25) is 5.91 Å². The lowest BCUT2D eigenvalue weighted by atomic mass is 10.1. The topological polar surface area (TPSA) is 76.4 Å². The fourth-order valence-corrected chi connectivity index (χ4v) is 2.12. The van der Waals surface area contributed by atoms with Crippen molar-refractivity contribution in [3.05, 3.63) is 18.2 Å². The average Bonchev–Trinajstić information content (AvgIpc) is 2.38. The van der Waals surface area contributed by atoms with Crippen LogP contribution < -0.4 is 21.1 Å². The van der Waals surface area contributed by atoms with E-state index in [4.69, 9.17) is 10.5 Å².